The van der Waals surface area contributed by atoms with Gasteiger partial charge in [-0.15, -0.1) is 0 Å². The van der Waals surface area contributed by atoms with Crippen molar-refractivity contribution in [2.24, 2.45) is 5.10 Å². The lowest BCUT2D eigenvalue weighted by Crippen LogP contribution is -2.24. The lowest BCUT2D eigenvalue weighted by atomic mass is 10.1. The van der Waals surface area contributed by atoms with Crippen LogP contribution in [0.4, 0.5) is 0 Å². The van der Waals surface area contributed by atoms with E-state index in [0.29, 0.717) is 29.2 Å². The molecule has 1 amide bonds. The average molecular weight is 539 g/mol. The second-order valence-corrected chi connectivity index (χ2v) is 8.56. The summed E-state index contributed by atoms with van der Waals surface area (Å²) in [7, 11) is 0. The fourth-order valence-corrected chi connectivity index (χ4v) is 3.37. The molecule has 3 aromatic carbocycles. The van der Waals surface area contributed by atoms with E-state index in [2.05, 4.69) is 33.4 Å². The number of nitrogens with zero attached hydrogens (tertiary/aromatic N) is 1. The number of benzene rings is 3. The van der Waals surface area contributed by atoms with Crippen molar-refractivity contribution in [2.45, 2.75) is 26.7 Å². The molecule has 0 unspecified atom stereocenters. The molecule has 0 bridgehead atoms. The summed E-state index contributed by atoms with van der Waals surface area (Å²) in [5.74, 6) is 0.714. The molecule has 3 aromatic rings. The molecule has 0 fully saturated rings. The first-order valence-electron chi connectivity index (χ1n) is 11.2. The van der Waals surface area contributed by atoms with E-state index >= 15 is 0 Å². The van der Waals surface area contributed by atoms with Crippen molar-refractivity contribution < 1.29 is 23.8 Å². The maximum atomic E-state index is 12.6. The Labute approximate surface area is 213 Å². The van der Waals surface area contributed by atoms with Gasteiger partial charge in [0.2, 0.25) is 0 Å². The van der Waals surface area contributed by atoms with Crippen LogP contribution >= 0.6 is 15.9 Å². The summed E-state index contributed by atoms with van der Waals surface area (Å²) in [5.41, 5.74) is 4.22. The Morgan fingerprint density at radius 1 is 1.00 bits per heavy atom. The first kappa shape index (κ1) is 26.0. The van der Waals surface area contributed by atoms with Gasteiger partial charge in [0.1, 0.15) is 17.2 Å². The van der Waals surface area contributed by atoms with E-state index < -0.39 is 11.9 Å². The van der Waals surface area contributed by atoms with E-state index in [1.165, 1.54) is 6.21 Å². The molecule has 8 heteroatoms. The normalized spacial score (nSPS) is 10.7. The number of amides is 1. The van der Waals surface area contributed by atoms with E-state index in [9.17, 15) is 9.59 Å². The molecule has 0 radical (unpaired) electrons. The van der Waals surface area contributed by atoms with Gasteiger partial charge >= 0.3 is 5.97 Å². The minimum Gasteiger partial charge on any atom is -0.494 e. The minimum absolute atomic E-state index is 0.207. The van der Waals surface area contributed by atoms with Gasteiger partial charge in [0.05, 0.1) is 18.4 Å². The third kappa shape index (κ3) is 8.26. The van der Waals surface area contributed by atoms with E-state index in [4.69, 9.17) is 14.2 Å². The molecule has 0 aliphatic heterocycles. The van der Waals surface area contributed by atoms with Gasteiger partial charge in [-0.25, -0.2) is 10.2 Å². The molecule has 0 saturated carbocycles. The number of carbonyl (C=O) groups excluding carboxylic acids is 2. The van der Waals surface area contributed by atoms with E-state index in [1.807, 2.05) is 19.1 Å². The summed E-state index contributed by atoms with van der Waals surface area (Å²) in [4.78, 5) is 24.7. The molecular weight excluding hydrogens is 512 g/mol. The summed E-state index contributed by atoms with van der Waals surface area (Å²) in [6.07, 6.45) is 3.47. The fourth-order valence-electron chi connectivity index (χ4n) is 2.99. The maximum absolute atomic E-state index is 12.6. The third-order valence-corrected chi connectivity index (χ3v) is 5.39. The molecule has 3 rings (SSSR count). The molecule has 0 heterocycles. The topological polar surface area (TPSA) is 86.2 Å². The summed E-state index contributed by atoms with van der Waals surface area (Å²) >= 11 is 3.39. The van der Waals surface area contributed by atoms with E-state index in [1.54, 1.807) is 54.6 Å². The minimum atomic E-state index is -0.473. The van der Waals surface area contributed by atoms with Crippen molar-refractivity contribution in [3.8, 4) is 17.2 Å². The van der Waals surface area contributed by atoms with Crippen LogP contribution in [-0.2, 0) is 4.79 Å². The average Bonchev–Trinajstić information content (AvgIpc) is 2.85. The molecule has 0 saturated heterocycles. The van der Waals surface area contributed by atoms with E-state index in [0.717, 1.165) is 28.6 Å². The van der Waals surface area contributed by atoms with Crippen LogP contribution in [-0.4, -0.2) is 31.3 Å². The highest BCUT2D eigenvalue weighted by Crippen LogP contribution is 2.23. The molecule has 1 N–H and O–H groups in total. The molecule has 0 atom stereocenters. The van der Waals surface area contributed by atoms with Crippen LogP contribution in [0.1, 0.15) is 41.3 Å². The Bertz CT molecular complexity index is 1180. The highest BCUT2D eigenvalue weighted by molar-refractivity contribution is 9.10. The molecule has 0 aliphatic carbocycles. The SMILES string of the molecule is CCCCOc1ccc(OCC(=O)NN=Cc2cc(Br)ccc2OC(=O)c2ccccc2C)cc1. The number of carbonyl (C=O) groups is 2. The number of unbranched alkanes of at least 4 members (excludes halogenated alkanes) is 1. The Morgan fingerprint density at radius 3 is 2.43 bits per heavy atom. The number of aryl methyl sites for hydroxylation is 1. The highest BCUT2D eigenvalue weighted by Gasteiger charge is 2.13. The third-order valence-electron chi connectivity index (χ3n) is 4.89. The molecule has 7 nitrogen and oxygen atoms in total. The van der Waals surface area contributed by atoms with Crippen LogP contribution in [0.5, 0.6) is 17.2 Å². The Kier molecular flexibility index (Phi) is 9.86. The number of halogens is 1. The molecule has 0 aromatic heterocycles. The maximum Gasteiger partial charge on any atom is 0.343 e. The second-order valence-electron chi connectivity index (χ2n) is 7.64. The quantitative estimate of drug-likeness (QED) is 0.111. The number of hydrogen-bond acceptors (Lipinski definition) is 6. The number of ether oxygens (including phenoxy) is 3. The van der Waals surface area contributed by atoms with Gasteiger partial charge in [0.25, 0.3) is 5.91 Å². The van der Waals surface area contributed by atoms with Gasteiger partial charge in [-0.3, -0.25) is 4.79 Å². The number of hydrazone groups is 1. The molecule has 0 aliphatic rings. The zero-order valence-corrected chi connectivity index (χ0v) is 21.2. The summed E-state index contributed by atoms with van der Waals surface area (Å²) in [6.45, 7) is 4.41. The van der Waals surface area contributed by atoms with Crippen LogP contribution in [0.15, 0.2) is 76.3 Å². The van der Waals surface area contributed by atoms with Crippen molar-refractivity contribution in [2.75, 3.05) is 13.2 Å². The Morgan fingerprint density at radius 2 is 1.71 bits per heavy atom. The van der Waals surface area contributed by atoms with Gasteiger partial charge in [0, 0.05) is 10.0 Å². The second kappa shape index (κ2) is 13.3. The van der Waals surface area contributed by atoms with E-state index in [-0.39, 0.29) is 6.61 Å². The monoisotopic (exact) mass is 538 g/mol. The smallest absolute Gasteiger partial charge is 0.343 e. The Balaban J connectivity index is 1.54. The number of rotatable bonds is 11. The number of hydrogen-bond donors (Lipinski definition) is 1. The molecule has 0 spiro atoms. The number of esters is 1. The first-order chi connectivity index (χ1) is 17.0. The Hall–Kier alpha value is -3.65. The predicted octanol–water partition coefficient (Wildman–Crippen LogP) is 5.68. The van der Waals surface area contributed by atoms with Gasteiger partial charge in [-0.05, 0) is 67.4 Å². The lowest BCUT2D eigenvalue weighted by Gasteiger charge is -2.09. The van der Waals surface area contributed by atoms with Gasteiger partial charge in [-0.2, -0.15) is 5.10 Å². The highest BCUT2D eigenvalue weighted by atomic mass is 79.9. The van der Waals surface area contributed by atoms with Crippen LogP contribution in [0.3, 0.4) is 0 Å². The number of nitrogens with one attached hydrogen (secondary N) is 1. The van der Waals surface area contributed by atoms with Crippen molar-refractivity contribution in [3.63, 3.8) is 0 Å². The van der Waals surface area contributed by atoms with Crippen molar-refractivity contribution in [1.82, 2.24) is 5.43 Å². The molecule has 182 valence electrons. The lowest BCUT2D eigenvalue weighted by molar-refractivity contribution is -0.123. The zero-order valence-electron chi connectivity index (χ0n) is 19.6. The van der Waals surface area contributed by atoms with Crippen LogP contribution in [0, 0.1) is 6.92 Å². The molecular formula is C27H27BrN2O5. The molecule has 35 heavy (non-hydrogen) atoms. The van der Waals surface area contributed by atoms with Gasteiger partial charge in [-0.1, -0.05) is 47.5 Å². The van der Waals surface area contributed by atoms with Gasteiger partial charge < -0.3 is 14.2 Å². The fraction of sp³-hybridized carbons (Fsp3) is 0.222. The zero-order chi connectivity index (χ0) is 25.0. The summed E-state index contributed by atoms with van der Waals surface area (Å²) < 4.78 is 17.4. The van der Waals surface area contributed by atoms with Crippen molar-refractivity contribution >= 4 is 34.0 Å². The summed E-state index contributed by atoms with van der Waals surface area (Å²) in [5, 5.41) is 3.97. The predicted molar refractivity (Wildman–Crippen MR) is 138 cm³/mol. The van der Waals surface area contributed by atoms with Gasteiger partial charge in [0.15, 0.2) is 6.61 Å². The standard InChI is InChI=1S/C27H27BrN2O5/c1-3-4-15-33-22-10-12-23(13-11-22)34-18-26(31)30-29-17-20-16-21(28)9-14-25(20)35-27(32)24-8-6-5-7-19(24)2/h5-14,16-17H,3-4,15,18H2,1-2H3,(H,30,31). The van der Waals surface area contributed by atoms with Crippen molar-refractivity contribution in [3.05, 3.63) is 87.9 Å². The first-order valence-corrected chi connectivity index (χ1v) is 12.0. The van der Waals surface area contributed by atoms with Crippen molar-refractivity contribution in [1.29, 1.82) is 0 Å². The van der Waals surface area contributed by atoms with Crippen LogP contribution < -0.4 is 19.6 Å². The van der Waals surface area contributed by atoms with Crippen LogP contribution in [0.25, 0.3) is 0 Å². The summed E-state index contributed by atoms with van der Waals surface area (Å²) in [6, 6.07) is 19.4. The van der Waals surface area contributed by atoms with Crippen LogP contribution in [0.2, 0.25) is 0 Å². The largest absolute Gasteiger partial charge is 0.494 e.